The Hall–Kier alpha value is -3.57. The van der Waals surface area contributed by atoms with E-state index in [9.17, 15) is 14.4 Å². The molecule has 180 valence electrons. The van der Waals surface area contributed by atoms with Gasteiger partial charge in [0.05, 0.1) is 5.69 Å². The number of hydrazine groups is 1. The lowest BCUT2D eigenvalue weighted by Crippen LogP contribution is -2.45. The fraction of sp³-hybridized carbons (Fsp3) is 0.364. The second kappa shape index (κ2) is 10.1. The molecular weight excluding hydrogens is 466 g/mol. The minimum absolute atomic E-state index is 0.140. The maximum absolute atomic E-state index is 12.7. The van der Waals surface area contributed by atoms with Gasteiger partial charge in [-0.1, -0.05) is 11.6 Å². The van der Waals surface area contributed by atoms with Crippen molar-refractivity contribution < 1.29 is 28.6 Å². The summed E-state index contributed by atoms with van der Waals surface area (Å²) >= 11 is 6.19. The highest BCUT2D eigenvalue weighted by Crippen LogP contribution is 2.34. The van der Waals surface area contributed by atoms with Gasteiger partial charge in [-0.25, -0.2) is 10.0 Å². The maximum atomic E-state index is 12.7. The number of hydrogen-bond acceptors (Lipinski definition) is 7. The minimum Gasteiger partial charge on any atom is -0.454 e. The van der Waals surface area contributed by atoms with Gasteiger partial charge in [0.25, 0.3) is 11.8 Å². The minimum atomic E-state index is -0.423. The summed E-state index contributed by atoms with van der Waals surface area (Å²) in [7, 11) is 1.71. The van der Waals surface area contributed by atoms with E-state index in [-0.39, 0.29) is 25.9 Å². The van der Waals surface area contributed by atoms with Gasteiger partial charge in [0, 0.05) is 43.5 Å². The Bertz CT molecular complexity index is 1150. The molecule has 0 unspecified atom stereocenters. The quantitative estimate of drug-likeness (QED) is 0.589. The number of aryl methyl sites for hydroxylation is 2. The van der Waals surface area contributed by atoms with E-state index in [1.807, 2.05) is 0 Å². The molecule has 2 aliphatic heterocycles. The van der Waals surface area contributed by atoms with Crippen LogP contribution in [0.5, 0.6) is 11.5 Å². The number of aromatic nitrogens is 2. The molecule has 34 heavy (non-hydrogen) atoms. The van der Waals surface area contributed by atoms with E-state index in [0.29, 0.717) is 53.1 Å². The van der Waals surface area contributed by atoms with Crippen LogP contribution in [0.2, 0.25) is 5.15 Å². The molecule has 0 radical (unpaired) electrons. The van der Waals surface area contributed by atoms with Crippen LogP contribution in [0.15, 0.2) is 24.3 Å². The van der Waals surface area contributed by atoms with Crippen LogP contribution in [0.3, 0.4) is 0 Å². The van der Waals surface area contributed by atoms with Crippen molar-refractivity contribution in [1.82, 2.24) is 19.8 Å². The number of rotatable bonds is 7. The number of amides is 3. The van der Waals surface area contributed by atoms with Gasteiger partial charge in [0.15, 0.2) is 11.5 Å². The number of halogens is 1. The van der Waals surface area contributed by atoms with Crippen molar-refractivity contribution >= 4 is 41.1 Å². The molecular formula is C22H24ClN5O6. The summed E-state index contributed by atoms with van der Waals surface area (Å²) in [5.41, 5.74) is 1.86. The molecule has 2 aliphatic rings. The molecule has 0 atom stereocenters. The number of hydrogen-bond donors (Lipinski definition) is 1. The molecule has 1 aromatic carbocycles. The normalized spacial score (nSPS) is 14.8. The molecule has 1 aromatic heterocycles. The van der Waals surface area contributed by atoms with Crippen molar-refractivity contribution in [1.29, 1.82) is 0 Å². The first kappa shape index (κ1) is 23.6. The van der Waals surface area contributed by atoms with Crippen LogP contribution >= 0.6 is 11.6 Å². The number of nitrogens with one attached hydrogen (secondary N) is 1. The zero-order chi connectivity index (χ0) is 24.2. The van der Waals surface area contributed by atoms with Crippen LogP contribution in [-0.4, -0.2) is 70.6 Å². The average molecular weight is 490 g/mol. The first-order valence-corrected chi connectivity index (χ1v) is 11.0. The Kier molecular flexibility index (Phi) is 7.03. The highest BCUT2D eigenvalue weighted by atomic mass is 35.5. The molecule has 12 heteroatoms. The summed E-state index contributed by atoms with van der Waals surface area (Å²) in [5.74, 6) is -0.0371. The zero-order valence-electron chi connectivity index (χ0n) is 18.7. The van der Waals surface area contributed by atoms with Crippen LogP contribution in [0.4, 0.5) is 5.69 Å². The second-order valence-electron chi connectivity index (χ2n) is 7.69. The topological polar surface area (TPSA) is 115 Å². The van der Waals surface area contributed by atoms with E-state index in [4.69, 9.17) is 25.8 Å². The van der Waals surface area contributed by atoms with E-state index < -0.39 is 11.8 Å². The van der Waals surface area contributed by atoms with E-state index in [2.05, 4.69) is 10.4 Å². The SMILES string of the molecule is Cc1nn(C)c(Cl)c1/C=C/C(=O)N1CCCN1C(=O)COCC(=O)Nc1ccc2c(c1)OCO2. The number of carbonyl (C=O) groups excluding carboxylic acids is 3. The van der Waals surface area contributed by atoms with Crippen LogP contribution in [0.1, 0.15) is 17.7 Å². The van der Waals surface area contributed by atoms with Gasteiger partial charge in [-0.3, -0.25) is 19.1 Å². The fourth-order valence-electron chi connectivity index (χ4n) is 3.65. The molecule has 3 amide bonds. The first-order chi connectivity index (χ1) is 16.3. The Morgan fingerprint density at radius 1 is 1.18 bits per heavy atom. The molecule has 0 bridgehead atoms. The molecule has 4 rings (SSSR count). The Morgan fingerprint density at radius 3 is 2.71 bits per heavy atom. The fourth-order valence-corrected chi connectivity index (χ4v) is 3.89. The lowest BCUT2D eigenvalue weighted by Gasteiger charge is -2.26. The van der Waals surface area contributed by atoms with E-state index in [1.165, 1.54) is 20.8 Å². The van der Waals surface area contributed by atoms with Gasteiger partial charge >= 0.3 is 0 Å². The molecule has 1 fully saturated rings. The molecule has 2 aromatic rings. The Balaban J connectivity index is 1.26. The van der Waals surface area contributed by atoms with E-state index >= 15 is 0 Å². The number of carbonyl (C=O) groups is 3. The third-order valence-electron chi connectivity index (χ3n) is 5.28. The summed E-state index contributed by atoms with van der Waals surface area (Å²) in [6, 6.07) is 5.02. The summed E-state index contributed by atoms with van der Waals surface area (Å²) in [6.07, 6.45) is 3.59. The van der Waals surface area contributed by atoms with Crippen molar-refractivity contribution in [2.75, 3.05) is 38.4 Å². The monoisotopic (exact) mass is 489 g/mol. The maximum Gasteiger partial charge on any atom is 0.267 e. The lowest BCUT2D eigenvalue weighted by atomic mass is 10.2. The van der Waals surface area contributed by atoms with Crippen molar-refractivity contribution in [2.45, 2.75) is 13.3 Å². The van der Waals surface area contributed by atoms with Gasteiger partial charge in [0.1, 0.15) is 18.4 Å². The van der Waals surface area contributed by atoms with Crippen LogP contribution < -0.4 is 14.8 Å². The number of nitrogens with zero attached hydrogens (tertiary/aromatic N) is 4. The van der Waals surface area contributed by atoms with Crippen LogP contribution in [-0.2, 0) is 26.2 Å². The predicted octanol–water partition coefficient (Wildman–Crippen LogP) is 1.76. The van der Waals surface area contributed by atoms with Crippen molar-refractivity contribution in [3.05, 3.63) is 40.7 Å². The second-order valence-corrected chi connectivity index (χ2v) is 8.05. The summed E-state index contributed by atoms with van der Waals surface area (Å²) in [5, 5.41) is 9.98. The highest BCUT2D eigenvalue weighted by Gasteiger charge is 2.29. The first-order valence-electron chi connectivity index (χ1n) is 10.6. The largest absolute Gasteiger partial charge is 0.454 e. The zero-order valence-corrected chi connectivity index (χ0v) is 19.5. The average Bonchev–Trinajstić information content (AvgIpc) is 3.52. The molecule has 3 heterocycles. The molecule has 1 saturated heterocycles. The van der Waals surface area contributed by atoms with Gasteiger partial charge in [-0.2, -0.15) is 5.10 Å². The molecule has 1 N–H and O–H groups in total. The highest BCUT2D eigenvalue weighted by molar-refractivity contribution is 6.31. The summed E-state index contributed by atoms with van der Waals surface area (Å²) < 4.78 is 17.3. The molecule has 0 aliphatic carbocycles. The van der Waals surface area contributed by atoms with Gasteiger partial charge < -0.3 is 19.5 Å². The lowest BCUT2D eigenvalue weighted by molar-refractivity contribution is -0.158. The number of ether oxygens (including phenoxy) is 3. The van der Waals surface area contributed by atoms with Gasteiger partial charge in [-0.05, 0) is 31.6 Å². The summed E-state index contributed by atoms with van der Waals surface area (Å²) in [4.78, 5) is 37.4. The number of fused-ring (bicyclic) bond motifs is 1. The predicted molar refractivity (Wildman–Crippen MR) is 122 cm³/mol. The van der Waals surface area contributed by atoms with Crippen molar-refractivity contribution in [3.8, 4) is 11.5 Å². The molecule has 11 nitrogen and oxygen atoms in total. The van der Waals surface area contributed by atoms with Gasteiger partial charge in [-0.15, -0.1) is 0 Å². The third-order valence-corrected chi connectivity index (χ3v) is 5.73. The Labute approximate surface area is 200 Å². The molecule has 0 spiro atoms. The summed E-state index contributed by atoms with van der Waals surface area (Å²) in [6.45, 7) is 2.07. The van der Waals surface area contributed by atoms with E-state index in [1.54, 1.807) is 38.2 Å². The van der Waals surface area contributed by atoms with Gasteiger partial charge in [0.2, 0.25) is 12.7 Å². The van der Waals surface area contributed by atoms with Crippen molar-refractivity contribution in [3.63, 3.8) is 0 Å². The van der Waals surface area contributed by atoms with Crippen molar-refractivity contribution in [2.24, 2.45) is 7.05 Å². The van der Waals surface area contributed by atoms with E-state index in [0.717, 1.165) is 0 Å². The number of anilines is 1. The smallest absolute Gasteiger partial charge is 0.267 e. The number of benzene rings is 1. The van der Waals surface area contributed by atoms with Crippen LogP contribution in [0.25, 0.3) is 6.08 Å². The standard InChI is InChI=1S/C22H24ClN5O6/c1-14-16(22(23)26(2)25-14)5-7-20(30)27-8-3-9-28(27)21(31)12-32-11-19(29)24-15-4-6-17-18(10-15)34-13-33-17/h4-7,10H,3,8-9,11-13H2,1-2H3,(H,24,29)/b7-5+. The molecule has 0 saturated carbocycles. The third kappa shape index (κ3) is 5.15. The van der Waals surface area contributed by atoms with Crippen LogP contribution in [0, 0.1) is 6.92 Å². The Morgan fingerprint density at radius 2 is 1.94 bits per heavy atom.